The fourth-order valence-electron chi connectivity index (χ4n) is 7.47. The van der Waals surface area contributed by atoms with Crippen molar-refractivity contribution < 1.29 is 24.5 Å². The molecule has 3 unspecified atom stereocenters. The summed E-state index contributed by atoms with van der Waals surface area (Å²) in [5, 5.41) is 23.7. The topological polar surface area (TPSA) is 95.9 Å². The largest absolute Gasteiger partial charge is 0.462 e. The van der Waals surface area contributed by atoms with Gasteiger partial charge in [-0.3, -0.25) is 9.59 Å². The molecule has 0 spiro atoms. The molecule has 0 saturated heterocycles. The standard InChI is InChI=1S/C54H97NO5/c1-4-7-10-13-16-19-22-25-26-27-28-29-32-35-38-41-44-47-54(59)60-50(45-42-39-36-33-30-23-20-17-14-11-8-5-2)48-53(58)55-51(49-56)52(57)46-43-40-37-34-31-24-21-18-15-12-9-6-3/h8,11,16-17,19-20,25-26,30,33,50-52,56-57H,4-7,9-10,12-15,18,21-24,27-29,31-32,34-49H2,1-3H3,(H,55,58)/b11-8+,19-16-,20-17+,26-25-,33-30+. The van der Waals surface area contributed by atoms with Crippen molar-refractivity contribution in [1.29, 1.82) is 0 Å². The average Bonchev–Trinajstić information content (AvgIpc) is 3.24. The Balaban J connectivity index is 4.60. The Morgan fingerprint density at radius 1 is 0.500 bits per heavy atom. The zero-order valence-corrected chi connectivity index (χ0v) is 39.6. The van der Waals surface area contributed by atoms with Crippen LogP contribution in [0.1, 0.15) is 245 Å². The van der Waals surface area contributed by atoms with Crippen LogP contribution < -0.4 is 5.32 Å². The Kier molecular flexibility index (Phi) is 45.7. The third-order valence-corrected chi connectivity index (χ3v) is 11.3. The number of esters is 1. The molecule has 0 heterocycles. The van der Waals surface area contributed by atoms with Crippen molar-refractivity contribution in [3.8, 4) is 0 Å². The minimum atomic E-state index is -0.799. The molecule has 0 aliphatic carbocycles. The van der Waals surface area contributed by atoms with Gasteiger partial charge < -0.3 is 20.3 Å². The van der Waals surface area contributed by atoms with Crippen molar-refractivity contribution in [2.45, 2.75) is 264 Å². The highest BCUT2D eigenvalue weighted by Gasteiger charge is 2.24. The van der Waals surface area contributed by atoms with Crippen molar-refractivity contribution in [2.75, 3.05) is 6.61 Å². The lowest BCUT2D eigenvalue weighted by molar-refractivity contribution is -0.151. The smallest absolute Gasteiger partial charge is 0.306 e. The first kappa shape index (κ1) is 57.6. The molecule has 3 N–H and O–H groups in total. The summed E-state index contributed by atoms with van der Waals surface area (Å²) < 4.78 is 5.91. The second kappa shape index (κ2) is 47.6. The van der Waals surface area contributed by atoms with E-state index in [-0.39, 0.29) is 24.9 Å². The Hall–Kier alpha value is -2.44. The maximum atomic E-state index is 13.2. The lowest BCUT2D eigenvalue weighted by Gasteiger charge is -2.24. The normalized spacial score (nSPS) is 13.8. The van der Waals surface area contributed by atoms with Crippen molar-refractivity contribution in [3.63, 3.8) is 0 Å². The van der Waals surface area contributed by atoms with Crippen LogP contribution in [0.2, 0.25) is 0 Å². The van der Waals surface area contributed by atoms with Gasteiger partial charge in [-0.2, -0.15) is 0 Å². The fourth-order valence-corrected chi connectivity index (χ4v) is 7.47. The van der Waals surface area contributed by atoms with Gasteiger partial charge in [0.15, 0.2) is 0 Å². The summed E-state index contributed by atoms with van der Waals surface area (Å²) in [4.78, 5) is 26.1. The molecule has 0 aliphatic rings. The Labute approximate surface area is 371 Å². The summed E-state index contributed by atoms with van der Waals surface area (Å²) in [5.74, 6) is -0.521. The molecule has 1 amide bonds. The van der Waals surface area contributed by atoms with Crippen LogP contribution in [-0.2, 0) is 14.3 Å². The average molecular weight is 840 g/mol. The van der Waals surface area contributed by atoms with E-state index in [1.54, 1.807) is 0 Å². The summed E-state index contributed by atoms with van der Waals surface area (Å²) in [7, 11) is 0. The maximum Gasteiger partial charge on any atom is 0.306 e. The second-order valence-corrected chi connectivity index (χ2v) is 17.2. The number of allylic oxidation sites excluding steroid dienone is 10. The quantitative estimate of drug-likeness (QED) is 0.0322. The fraction of sp³-hybridized carbons (Fsp3) is 0.778. The number of nitrogens with one attached hydrogen (secondary N) is 1. The van der Waals surface area contributed by atoms with Gasteiger partial charge in [-0.1, -0.05) is 204 Å². The molecule has 6 nitrogen and oxygen atoms in total. The van der Waals surface area contributed by atoms with Crippen LogP contribution >= 0.6 is 0 Å². The molecule has 0 saturated carbocycles. The van der Waals surface area contributed by atoms with E-state index in [4.69, 9.17) is 4.74 Å². The number of carbonyl (C=O) groups is 2. The van der Waals surface area contributed by atoms with Crippen LogP contribution in [0.5, 0.6) is 0 Å². The van der Waals surface area contributed by atoms with Gasteiger partial charge in [-0.15, -0.1) is 0 Å². The third kappa shape index (κ3) is 42.3. The van der Waals surface area contributed by atoms with Crippen molar-refractivity contribution in [3.05, 3.63) is 60.8 Å². The minimum Gasteiger partial charge on any atom is -0.462 e. The summed E-state index contributed by atoms with van der Waals surface area (Å²) in [6, 6.07) is -0.716. The molecule has 0 rings (SSSR count). The molecule has 0 aromatic carbocycles. The highest BCUT2D eigenvalue weighted by Crippen LogP contribution is 2.17. The summed E-state index contributed by atoms with van der Waals surface area (Å²) in [6.45, 7) is 6.33. The van der Waals surface area contributed by atoms with E-state index in [0.717, 1.165) is 89.9 Å². The molecule has 0 bridgehead atoms. The number of hydrogen-bond acceptors (Lipinski definition) is 5. The molecule has 348 valence electrons. The third-order valence-electron chi connectivity index (χ3n) is 11.3. The van der Waals surface area contributed by atoms with Crippen molar-refractivity contribution in [2.24, 2.45) is 0 Å². The lowest BCUT2D eigenvalue weighted by Crippen LogP contribution is -2.46. The molecule has 0 aliphatic heterocycles. The van der Waals surface area contributed by atoms with Gasteiger partial charge in [0.05, 0.1) is 25.2 Å². The van der Waals surface area contributed by atoms with E-state index >= 15 is 0 Å². The van der Waals surface area contributed by atoms with Gasteiger partial charge in [0.1, 0.15) is 6.10 Å². The number of carbonyl (C=O) groups excluding carboxylic acids is 2. The Morgan fingerprint density at radius 2 is 0.900 bits per heavy atom. The van der Waals surface area contributed by atoms with Crippen molar-refractivity contribution in [1.82, 2.24) is 5.32 Å². The molecule has 0 aromatic rings. The zero-order valence-electron chi connectivity index (χ0n) is 39.6. The number of aliphatic hydroxyl groups excluding tert-OH is 2. The van der Waals surface area contributed by atoms with Crippen LogP contribution in [0.3, 0.4) is 0 Å². The lowest BCUT2D eigenvalue weighted by atomic mass is 10.0. The Morgan fingerprint density at radius 3 is 1.42 bits per heavy atom. The number of aliphatic hydroxyl groups is 2. The van der Waals surface area contributed by atoms with Gasteiger partial charge in [0.25, 0.3) is 0 Å². The predicted octanol–water partition coefficient (Wildman–Crippen LogP) is 15.2. The van der Waals surface area contributed by atoms with Crippen molar-refractivity contribution >= 4 is 11.9 Å². The number of amides is 1. The first-order valence-electron chi connectivity index (χ1n) is 25.5. The monoisotopic (exact) mass is 840 g/mol. The van der Waals surface area contributed by atoms with Gasteiger partial charge in [-0.05, 0) is 89.9 Å². The van der Waals surface area contributed by atoms with Gasteiger partial charge in [-0.25, -0.2) is 0 Å². The van der Waals surface area contributed by atoms with Crippen LogP contribution in [0.15, 0.2) is 60.8 Å². The molecular weight excluding hydrogens is 743 g/mol. The molecule has 3 atom stereocenters. The van der Waals surface area contributed by atoms with Gasteiger partial charge in [0, 0.05) is 6.42 Å². The van der Waals surface area contributed by atoms with E-state index in [1.165, 1.54) is 109 Å². The van der Waals surface area contributed by atoms with Gasteiger partial charge >= 0.3 is 5.97 Å². The predicted molar refractivity (Wildman–Crippen MR) is 259 cm³/mol. The molecule has 60 heavy (non-hydrogen) atoms. The van der Waals surface area contributed by atoms with E-state index in [9.17, 15) is 19.8 Å². The van der Waals surface area contributed by atoms with Crippen LogP contribution in [0.4, 0.5) is 0 Å². The van der Waals surface area contributed by atoms with Crippen LogP contribution in [-0.4, -0.2) is 46.9 Å². The molecule has 6 heteroatoms. The second-order valence-electron chi connectivity index (χ2n) is 17.2. The molecule has 0 aromatic heterocycles. The van der Waals surface area contributed by atoms with E-state index in [2.05, 4.69) is 86.8 Å². The maximum absolute atomic E-state index is 13.2. The number of rotatable bonds is 45. The number of hydrogen-bond donors (Lipinski definition) is 3. The Bertz CT molecular complexity index is 1080. The SMILES string of the molecule is CC/C=C/C/C=C/C/C=C/CCCCC(CC(=O)NC(CO)C(O)CCCCCCCCCCCCCC)OC(=O)CCCCCCCCC/C=C\C/C=C\CCCCC. The van der Waals surface area contributed by atoms with Gasteiger partial charge in [0.2, 0.25) is 5.91 Å². The number of unbranched alkanes of at least 4 members (excludes halogenated alkanes) is 23. The van der Waals surface area contributed by atoms with E-state index in [0.29, 0.717) is 19.3 Å². The summed E-state index contributed by atoms with van der Waals surface area (Å²) in [5.41, 5.74) is 0. The van der Waals surface area contributed by atoms with E-state index < -0.39 is 18.2 Å². The first-order chi connectivity index (χ1) is 29.5. The zero-order chi connectivity index (χ0) is 43.8. The summed E-state index contributed by atoms with van der Waals surface area (Å²) >= 11 is 0. The summed E-state index contributed by atoms with van der Waals surface area (Å²) in [6.07, 6.45) is 58.5. The highest BCUT2D eigenvalue weighted by atomic mass is 16.5. The van der Waals surface area contributed by atoms with Crippen LogP contribution in [0, 0.1) is 0 Å². The number of ether oxygens (including phenoxy) is 1. The van der Waals surface area contributed by atoms with E-state index in [1.807, 2.05) is 0 Å². The first-order valence-corrected chi connectivity index (χ1v) is 25.5. The molecular formula is C54H97NO5. The minimum absolute atomic E-state index is 0.0472. The molecule has 0 radical (unpaired) electrons. The molecule has 0 fully saturated rings. The highest BCUT2D eigenvalue weighted by molar-refractivity contribution is 5.77. The van der Waals surface area contributed by atoms with Crippen LogP contribution in [0.25, 0.3) is 0 Å².